The summed E-state index contributed by atoms with van der Waals surface area (Å²) in [6.45, 7) is 0.346. The Hall–Kier alpha value is -2.99. The van der Waals surface area contributed by atoms with Crippen molar-refractivity contribution in [3.05, 3.63) is 88.7 Å². The maximum absolute atomic E-state index is 13.6. The number of rotatable bonds is 5. The molecule has 0 saturated carbocycles. The Bertz CT molecular complexity index is 915. The zero-order chi connectivity index (χ0) is 18.5. The lowest BCUT2D eigenvalue weighted by Gasteiger charge is -2.09. The van der Waals surface area contributed by atoms with E-state index < -0.39 is 11.6 Å². The molecule has 1 aromatic heterocycles. The topological polar surface area (TPSA) is 54.0 Å². The second-order valence-corrected chi connectivity index (χ2v) is 5.93. The van der Waals surface area contributed by atoms with Gasteiger partial charge in [0.05, 0.1) is 17.6 Å². The molecule has 0 unspecified atom stereocenters. The van der Waals surface area contributed by atoms with Gasteiger partial charge in [0.25, 0.3) is 5.91 Å². The van der Waals surface area contributed by atoms with Gasteiger partial charge in [-0.1, -0.05) is 23.7 Å². The van der Waals surface area contributed by atoms with Crippen molar-refractivity contribution in [2.24, 2.45) is 0 Å². The van der Waals surface area contributed by atoms with Gasteiger partial charge in [0.1, 0.15) is 17.3 Å². The zero-order valence-corrected chi connectivity index (χ0v) is 14.2. The molecule has 0 spiro atoms. The molecule has 132 valence electrons. The quantitative estimate of drug-likeness (QED) is 0.682. The highest BCUT2D eigenvalue weighted by Crippen LogP contribution is 2.20. The number of aromatic nitrogens is 1. The molecule has 0 saturated heterocycles. The third-order valence-corrected chi connectivity index (χ3v) is 3.82. The molecule has 0 aliphatic rings. The lowest BCUT2D eigenvalue weighted by Crippen LogP contribution is -2.23. The number of amides is 1. The smallest absolute Gasteiger partial charge is 0.270 e. The molecule has 0 radical (unpaired) electrons. The van der Waals surface area contributed by atoms with E-state index in [9.17, 15) is 13.6 Å². The predicted molar refractivity (Wildman–Crippen MR) is 96.5 cm³/mol. The minimum atomic E-state index is -0.713. The van der Waals surface area contributed by atoms with Gasteiger partial charge in [-0.05, 0) is 42.0 Å². The number of nitrogens with zero attached hydrogens (tertiary/aromatic N) is 1. The van der Waals surface area contributed by atoms with Crippen molar-refractivity contribution in [1.29, 1.82) is 0 Å². The summed E-state index contributed by atoms with van der Waals surface area (Å²) in [6.07, 6.45) is 1.40. The number of anilines is 2. The summed E-state index contributed by atoms with van der Waals surface area (Å²) < 4.78 is 26.5. The van der Waals surface area contributed by atoms with Crippen LogP contribution >= 0.6 is 11.6 Å². The molecule has 4 nitrogen and oxygen atoms in total. The van der Waals surface area contributed by atoms with E-state index in [1.807, 2.05) is 12.1 Å². The third-order valence-electron chi connectivity index (χ3n) is 3.57. The molecule has 0 atom stereocenters. The highest BCUT2D eigenvalue weighted by Gasteiger charge is 2.08. The van der Waals surface area contributed by atoms with Gasteiger partial charge in [0.15, 0.2) is 0 Å². The van der Waals surface area contributed by atoms with Crippen LogP contribution in [0.5, 0.6) is 0 Å². The van der Waals surface area contributed by atoms with Gasteiger partial charge in [0.2, 0.25) is 0 Å². The van der Waals surface area contributed by atoms with Gasteiger partial charge >= 0.3 is 0 Å². The van der Waals surface area contributed by atoms with Crippen molar-refractivity contribution in [2.45, 2.75) is 6.54 Å². The molecule has 26 heavy (non-hydrogen) atoms. The molecule has 2 N–H and O–H groups in total. The molecule has 2 aromatic carbocycles. The van der Waals surface area contributed by atoms with Gasteiger partial charge in [0, 0.05) is 17.6 Å². The molecule has 0 bridgehead atoms. The van der Waals surface area contributed by atoms with Crippen molar-refractivity contribution in [3.8, 4) is 0 Å². The van der Waals surface area contributed by atoms with Gasteiger partial charge in [-0.2, -0.15) is 0 Å². The average molecular weight is 374 g/mol. The molecule has 0 aliphatic heterocycles. The number of halogens is 3. The Morgan fingerprint density at radius 1 is 1.04 bits per heavy atom. The van der Waals surface area contributed by atoms with Crippen molar-refractivity contribution in [3.63, 3.8) is 0 Å². The lowest BCUT2D eigenvalue weighted by molar-refractivity contribution is 0.0946. The van der Waals surface area contributed by atoms with E-state index in [1.165, 1.54) is 18.3 Å². The summed E-state index contributed by atoms with van der Waals surface area (Å²) >= 11 is 5.82. The van der Waals surface area contributed by atoms with E-state index in [4.69, 9.17) is 11.6 Å². The van der Waals surface area contributed by atoms with Gasteiger partial charge in [-0.3, -0.25) is 4.79 Å². The van der Waals surface area contributed by atoms with Crippen molar-refractivity contribution >= 4 is 28.9 Å². The van der Waals surface area contributed by atoms with Gasteiger partial charge < -0.3 is 10.6 Å². The van der Waals surface area contributed by atoms with Crippen LogP contribution in [0.1, 0.15) is 16.1 Å². The fourth-order valence-electron chi connectivity index (χ4n) is 2.22. The number of carbonyl (C=O) groups excluding carboxylic acids is 1. The van der Waals surface area contributed by atoms with Crippen LogP contribution in [0.4, 0.5) is 20.2 Å². The Morgan fingerprint density at radius 3 is 2.46 bits per heavy atom. The molecule has 7 heteroatoms. The summed E-state index contributed by atoms with van der Waals surface area (Å²) in [5.41, 5.74) is 1.73. The van der Waals surface area contributed by atoms with Crippen LogP contribution in [-0.2, 0) is 6.54 Å². The van der Waals surface area contributed by atoms with Crippen LogP contribution < -0.4 is 10.6 Å². The largest absolute Gasteiger partial charge is 0.352 e. The fourth-order valence-corrected chi connectivity index (χ4v) is 2.35. The maximum Gasteiger partial charge on any atom is 0.270 e. The summed E-state index contributed by atoms with van der Waals surface area (Å²) in [6, 6.07) is 13.5. The standard InChI is InChI=1S/C19H14ClF2N3O/c20-13-3-1-12(2-4-13)10-24-19(26)18-8-6-15(11-23-18)25-17-7-5-14(21)9-16(17)22/h1-9,11,25H,10H2,(H,24,26). The Balaban J connectivity index is 1.61. The molecule has 3 rings (SSSR count). The van der Waals surface area contributed by atoms with E-state index in [-0.39, 0.29) is 17.3 Å². The summed E-state index contributed by atoms with van der Waals surface area (Å²) in [5.74, 6) is -1.70. The van der Waals surface area contributed by atoms with Crippen LogP contribution in [0.2, 0.25) is 5.02 Å². The molecule has 1 amide bonds. The number of nitrogens with one attached hydrogen (secondary N) is 2. The first-order valence-electron chi connectivity index (χ1n) is 7.72. The van der Waals surface area contributed by atoms with Gasteiger partial charge in [-0.25, -0.2) is 13.8 Å². The Morgan fingerprint density at radius 2 is 1.81 bits per heavy atom. The normalized spacial score (nSPS) is 10.4. The number of pyridine rings is 1. The Kier molecular flexibility index (Phi) is 5.43. The van der Waals surface area contributed by atoms with E-state index in [2.05, 4.69) is 15.6 Å². The lowest BCUT2D eigenvalue weighted by atomic mass is 10.2. The van der Waals surface area contributed by atoms with Crippen LogP contribution in [0.15, 0.2) is 60.8 Å². The minimum Gasteiger partial charge on any atom is -0.352 e. The maximum atomic E-state index is 13.6. The molecular weight excluding hydrogens is 360 g/mol. The van der Waals surface area contributed by atoms with Gasteiger partial charge in [-0.15, -0.1) is 0 Å². The summed E-state index contributed by atoms with van der Waals surface area (Å²) in [4.78, 5) is 16.2. The van der Waals surface area contributed by atoms with Crippen LogP contribution in [0.3, 0.4) is 0 Å². The summed E-state index contributed by atoms with van der Waals surface area (Å²) in [5, 5.41) is 6.16. The SMILES string of the molecule is O=C(NCc1ccc(Cl)cc1)c1ccc(Nc2ccc(F)cc2F)cn1. The van der Waals surface area contributed by atoms with E-state index >= 15 is 0 Å². The number of hydrogen-bond acceptors (Lipinski definition) is 3. The average Bonchev–Trinajstić information content (AvgIpc) is 2.64. The Labute approximate surface area is 153 Å². The van der Waals surface area contributed by atoms with E-state index in [0.717, 1.165) is 17.7 Å². The van der Waals surface area contributed by atoms with Crippen LogP contribution in [0.25, 0.3) is 0 Å². The van der Waals surface area contributed by atoms with Crippen molar-refractivity contribution in [2.75, 3.05) is 5.32 Å². The second kappa shape index (κ2) is 7.93. The molecule has 3 aromatic rings. The zero-order valence-electron chi connectivity index (χ0n) is 13.5. The van der Waals surface area contributed by atoms with Crippen molar-refractivity contribution < 1.29 is 13.6 Å². The molecule has 0 fully saturated rings. The monoisotopic (exact) mass is 373 g/mol. The third kappa shape index (κ3) is 4.55. The number of benzene rings is 2. The van der Waals surface area contributed by atoms with E-state index in [0.29, 0.717) is 17.3 Å². The number of carbonyl (C=O) groups is 1. The first-order valence-corrected chi connectivity index (χ1v) is 8.10. The predicted octanol–water partition coefficient (Wildman–Crippen LogP) is 4.69. The minimum absolute atomic E-state index is 0.119. The van der Waals surface area contributed by atoms with Crippen LogP contribution in [-0.4, -0.2) is 10.9 Å². The highest BCUT2D eigenvalue weighted by atomic mass is 35.5. The fraction of sp³-hybridized carbons (Fsp3) is 0.0526. The second-order valence-electron chi connectivity index (χ2n) is 5.49. The number of hydrogen-bond donors (Lipinski definition) is 2. The van der Waals surface area contributed by atoms with Crippen molar-refractivity contribution in [1.82, 2.24) is 10.3 Å². The molecule has 1 heterocycles. The molecular formula is C19H14ClF2N3O. The summed E-state index contributed by atoms with van der Waals surface area (Å²) in [7, 11) is 0. The van der Waals surface area contributed by atoms with Crippen LogP contribution in [0, 0.1) is 11.6 Å². The first-order chi connectivity index (χ1) is 12.5. The highest BCUT2D eigenvalue weighted by molar-refractivity contribution is 6.30. The first kappa shape index (κ1) is 17.8. The van der Waals surface area contributed by atoms with E-state index in [1.54, 1.807) is 18.2 Å². The molecule has 0 aliphatic carbocycles.